The number of benzene rings is 1. The molecular formula is C22H32N4O3. The van der Waals surface area contributed by atoms with Gasteiger partial charge in [0.15, 0.2) is 0 Å². The van der Waals surface area contributed by atoms with E-state index in [1.807, 2.05) is 37.0 Å². The molecule has 0 N–H and O–H groups in total. The number of amides is 1. The maximum absolute atomic E-state index is 12.8. The van der Waals surface area contributed by atoms with Gasteiger partial charge in [-0.25, -0.2) is 0 Å². The molecule has 1 saturated heterocycles. The van der Waals surface area contributed by atoms with Crippen molar-refractivity contribution in [2.45, 2.75) is 38.5 Å². The number of hydrogen-bond acceptors (Lipinski definition) is 5. The van der Waals surface area contributed by atoms with E-state index in [-0.39, 0.29) is 5.91 Å². The lowest BCUT2D eigenvalue weighted by atomic mass is 9.89. The van der Waals surface area contributed by atoms with Gasteiger partial charge in [-0.3, -0.25) is 14.4 Å². The number of methoxy groups -OCH3 is 2. The molecule has 0 unspecified atom stereocenters. The van der Waals surface area contributed by atoms with Crippen molar-refractivity contribution in [1.82, 2.24) is 19.6 Å². The number of carbonyl (C=O) groups excluding carboxylic acids is 1. The van der Waals surface area contributed by atoms with Gasteiger partial charge in [-0.1, -0.05) is 6.07 Å². The Balaban J connectivity index is 1.66. The summed E-state index contributed by atoms with van der Waals surface area (Å²) in [6, 6.07) is 8.25. The number of hydrogen-bond donors (Lipinski definition) is 0. The van der Waals surface area contributed by atoms with Gasteiger partial charge in [0.25, 0.3) is 5.91 Å². The minimum Gasteiger partial charge on any atom is -0.496 e. The molecule has 29 heavy (non-hydrogen) atoms. The highest BCUT2D eigenvalue weighted by atomic mass is 16.5. The number of carbonyl (C=O) groups is 1. The second-order valence-electron chi connectivity index (χ2n) is 7.64. The Hall–Kier alpha value is -2.38. The van der Waals surface area contributed by atoms with E-state index in [2.05, 4.69) is 22.1 Å². The summed E-state index contributed by atoms with van der Waals surface area (Å²) >= 11 is 0. The lowest BCUT2D eigenvalue weighted by molar-refractivity contribution is -0.159. The molecule has 0 bridgehead atoms. The molecule has 2 heterocycles. The summed E-state index contributed by atoms with van der Waals surface area (Å²) in [4.78, 5) is 16.9. The van der Waals surface area contributed by atoms with Gasteiger partial charge in [-0.2, -0.15) is 5.10 Å². The third-order valence-corrected chi connectivity index (χ3v) is 5.91. The molecular weight excluding hydrogens is 368 g/mol. The van der Waals surface area contributed by atoms with Crippen LogP contribution < -0.4 is 4.74 Å². The van der Waals surface area contributed by atoms with E-state index in [1.165, 1.54) is 5.56 Å². The number of likely N-dealkylation sites (N-methyl/N-ethyl adjacent to an activating group) is 1. The maximum atomic E-state index is 12.8. The lowest BCUT2D eigenvalue weighted by Gasteiger charge is -2.41. The molecule has 1 aromatic carbocycles. The van der Waals surface area contributed by atoms with Gasteiger partial charge in [0.05, 0.1) is 13.7 Å². The van der Waals surface area contributed by atoms with Gasteiger partial charge in [-0.15, -0.1) is 0 Å². The summed E-state index contributed by atoms with van der Waals surface area (Å²) in [7, 11) is 5.19. The fourth-order valence-electron chi connectivity index (χ4n) is 3.95. The van der Waals surface area contributed by atoms with Crippen molar-refractivity contribution in [3.05, 3.63) is 47.8 Å². The molecule has 1 fully saturated rings. The third kappa shape index (κ3) is 4.79. The SMILES string of the molecule is CCN(C)C(=O)C1(OC)CCN(Cc2ccc(OC)c(Cn3cccn3)c2)CC1. The highest BCUT2D eigenvalue weighted by Crippen LogP contribution is 2.29. The quantitative estimate of drug-likeness (QED) is 0.681. The van der Waals surface area contributed by atoms with Gasteiger partial charge >= 0.3 is 0 Å². The molecule has 0 aliphatic carbocycles. The summed E-state index contributed by atoms with van der Waals surface area (Å²) in [5, 5.41) is 4.30. The van der Waals surface area contributed by atoms with Crippen molar-refractivity contribution in [3.8, 4) is 5.75 Å². The topological polar surface area (TPSA) is 59.8 Å². The Morgan fingerprint density at radius 3 is 2.59 bits per heavy atom. The van der Waals surface area contributed by atoms with Gasteiger partial charge in [-0.05, 0) is 43.5 Å². The van der Waals surface area contributed by atoms with Crippen molar-refractivity contribution in [2.24, 2.45) is 0 Å². The summed E-state index contributed by atoms with van der Waals surface area (Å²) in [5.41, 5.74) is 1.65. The standard InChI is InChI=1S/C22H32N4O3/c1-5-24(2)21(27)22(29-4)9-13-25(14-10-22)16-18-7-8-20(28-3)19(15-18)17-26-12-6-11-23-26/h6-8,11-12,15H,5,9-10,13-14,16-17H2,1-4H3. The van der Waals surface area contributed by atoms with Gasteiger partial charge < -0.3 is 14.4 Å². The first-order valence-corrected chi connectivity index (χ1v) is 10.2. The summed E-state index contributed by atoms with van der Waals surface area (Å²) < 4.78 is 13.1. The molecule has 1 aliphatic heterocycles. The molecule has 3 rings (SSSR count). The molecule has 0 radical (unpaired) electrons. The number of nitrogens with zero attached hydrogens (tertiary/aromatic N) is 4. The van der Waals surface area contributed by atoms with Gasteiger partial charge in [0.1, 0.15) is 11.4 Å². The number of likely N-dealkylation sites (tertiary alicyclic amines) is 1. The Labute approximate surface area is 173 Å². The van der Waals surface area contributed by atoms with Crippen molar-refractivity contribution in [2.75, 3.05) is 40.9 Å². The average molecular weight is 401 g/mol. The molecule has 7 heteroatoms. The molecule has 2 aromatic rings. The van der Waals surface area contributed by atoms with Crippen molar-refractivity contribution in [1.29, 1.82) is 0 Å². The van der Waals surface area contributed by atoms with E-state index >= 15 is 0 Å². The fourth-order valence-corrected chi connectivity index (χ4v) is 3.95. The van der Waals surface area contributed by atoms with Crippen LogP contribution in [0.4, 0.5) is 0 Å². The molecule has 1 aromatic heterocycles. The van der Waals surface area contributed by atoms with E-state index in [9.17, 15) is 4.79 Å². The van der Waals surface area contributed by atoms with E-state index in [4.69, 9.17) is 9.47 Å². The van der Waals surface area contributed by atoms with Crippen LogP contribution in [0.1, 0.15) is 30.9 Å². The normalized spacial score (nSPS) is 16.6. The Morgan fingerprint density at radius 2 is 2.00 bits per heavy atom. The van der Waals surface area contributed by atoms with E-state index in [0.29, 0.717) is 25.9 Å². The zero-order valence-electron chi connectivity index (χ0n) is 17.9. The van der Waals surface area contributed by atoms with Crippen LogP contribution in [0.3, 0.4) is 0 Å². The zero-order valence-corrected chi connectivity index (χ0v) is 17.9. The molecule has 7 nitrogen and oxygen atoms in total. The Kier molecular flexibility index (Phi) is 6.92. The maximum Gasteiger partial charge on any atom is 0.254 e. The summed E-state index contributed by atoms with van der Waals surface area (Å²) in [5.74, 6) is 0.961. The minimum absolute atomic E-state index is 0.0908. The largest absolute Gasteiger partial charge is 0.496 e. The second kappa shape index (κ2) is 9.41. The molecule has 1 amide bonds. The van der Waals surface area contributed by atoms with Gasteiger partial charge in [0.2, 0.25) is 0 Å². The van der Waals surface area contributed by atoms with E-state index in [0.717, 1.165) is 30.9 Å². The van der Waals surface area contributed by atoms with Crippen LogP contribution in [0.5, 0.6) is 5.75 Å². The number of rotatable bonds is 8. The third-order valence-electron chi connectivity index (χ3n) is 5.91. The van der Waals surface area contributed by atoms with E-state index < -0.39 is 5.60 Å². The molecule has 0 atom stereocenters. The summed E-state index contributed by atoms with van der Waals surface area (Å²) in [6.07, 6.45) is 5.15. The van der Waals surface area contributed by atoms with Crippen LogP contribution in [0.2, 0.25) is 0 Å². The predicted molar refractivity (Wildman–Crippen MR) is 112 cm³/mol. The lowest BCUT2D eigenvalue weighted by Crippen LogP contribution is -2.55. The zero-order chi connectivity index (χ0) is 20.9. The molecule has 0 saturated carbocycles. The predicted octanol–water partition coefficient (Wildman–Crippen LogP) is 2.40. The Bertz CT molecular complexity index is 798. The van der Waals surface area contributed by atoms with Crippen LogP contribution >= 0.6 is 0 Å². The average Bonchev–Trinajstić information content (AvgIpc) is 3.26. The Morgan fingerprint density at radius 1 is 1.24 bits per heavy atom. The first kappa shape index (κ1) is 21.3. The molecule has 1 aliphatic rings. The second-order valence-corrected chi connectivity index (χ2v) is 7.64. The van der Waals surface area contributed by atoms with Crippen molar-refractivity contribution in [3.63, 3.8) is 0 Å². The molecule has 0 spiro atoms. The number of aromatic nitrogens is 2. The van der Waals surface area contributed by atoms with Crippen LogP contribution in [0.15, 0.2) is 36.7 Å². The first-order chi connectivity index (χ1) is 14.0. The monoisotopic (exact) mass is 400 g/mol. The highest BCUT2D eigenvalue weighted by molar-refractivity contribution is 5.85. The van der Waals surface area contributed by atoms with Crippen LogP contribution in [0.25, 0.3) is 0 Å². The first-order valence-electron chi connectivity index (χ1n) is 10.2. The van der Waals surface area contributed by atoms with Crippen LogP contribution in [-0.2, 0) is 22.6 Å². The number of piperidine rings is 1. The fraction of sp³-hybridized carbons (Fsp3) is 0.545. The minimum atomic E-state index is -0.688. The van der Waals surface area contributed by atoms with Crippen molar-refractivity contribution >= 4 is 5.91 Å². The highest BCUT2D eigenvalue weighted by Gasteiger charge is 2.42. The summed E-state index contributed by atoms with van der Waals surface area (Å²) in [6.45, 7) is 5.86. The van der Waals surface area contributed by atoms with Crippen LogP contribution in [0, 0.1) is 0 Å². The molecule has 158 valence electrons. The number of ether oxygens (including phenoxy) is 2. The smallest absolute Gasteiger partial charge is 0.254 e. The van der Waals surface area contributed by atoms with E-state index in [1.54, 1.807) is 25.3 Å². The van der Waals surface area contributed by atoms with Crippen molar-refractivity contribution < 1.29 is 14.3 Å². The van der Waals surface area contributed by atoms with Gasteiger partial charge in [0, 0.05) is 58.3 Å². The van der Waals surface area contributed by atoms with Crippen LogP contribution in [-0.4, -0.2) is 72.0 Å².